The summed E-state index contributed by atoms with van der Waals surface area (Å²) in [5.41, 5.74) is 0.924. The van der Waals surface area contributed by atoms with Crippen molar-refractivity contribution in [1.82, 2.24) is 5.32 Å². The molecule has 0 amide bonds. The number of nitrogens with one attached hydrogen (secondary N) is 1. The van der Waals surface area contributed by atoms with Gasteiger partial charge >= 0.3 is 5.97 Å². The average Bonchev–Trinajstić information content (AvgIpc) is 2.21. The van der Waals surface area contributed by atoms with Crippen LogP contribution in [-0.4, -0.2) is 19.1 Å². The number of benzene rings is 1. The molecule has 16 heavy (non-hydrogen) atoms. The van der Waals surface area contributed by atoms with Gasteiger partial charge in [0.05, 0.1) is 6.42 Å². The lowest BCUT2D eigenvalue weighted by atomic mass is 10.00. The van der Waals surface area contributed by atoms with Gasteiger partial charge in [0.2, 0.25) is 0 Å². The zero-order valence-corrected chi connectivity index (χ0v) is 9.67. The third-order valence-corrected chi connectivity index (χ3v) is 2.85. The highest BCUT2D eigenvalue weighted by Crippen LogP contribution is 2.13. The first-order chi connectivity index (χ1) is 7.74. The third kappa shape index (κ3) is 3.22. The number of rotatable bonds is 4. The molecule has 0 bridgehead atoms. The predicted octanol–water partition coefficient (Wildman–Crippen LogP) is 1.99. The van der Waals surface area contributed by atoms with Crippen molar-refractivity contribution in [3.05, 3.63) is 34.9 Å². The number of carbonyl (C=O) groups excluding carboxylic acids is 1. The molecule has 0 atom stereocenters. The highest BCUT2D eigenvalue weighted by Gasteiger charge is 2.20. The molecule has 86 valence electrons. The van der Waals surface area contributed by atoms with E-state index in [2.05, 4.69) is 5.32 Å². The third-order valence-electron chi connectivity index (χ3n) is 2.61. The van der Waals surface area contributed by atoms with E-state index in [4.69, 9.17) is 16.3 Å². The minimum absolute atomic E-state index is 0.133. The van der Waals surface area contributed by atoms with Gasteiger partial charge in [0, 0.05) is 5.02 Å². The Kier molecular flexibility index (Phi) is 3.80. The fraction of sp³-hybridized carbons (Fsp3) is 0.417. The number of halogens is 1. The zero-order valence-electron chi connectivity index (χ0n) is 8.91. The van der Waals surface area contributed by atoms with Crippen LogP contribution in [0.5, 0.6) is 0 Å². The van der Waals surface area contributed by atoms with E-state index in [0.29, 0.717) is 24.0 Å². The first kappa shape index (κ1) is 11.4. The fourth-order valence-electron chi connectivity index (χ4n) is 1.58. The number of esters is 1. The van der Waals surface area contributed by atoms with Crippen molar-refractivity contribution in [2.45, 2.75) is 13.0 Å². The molecule has 1 aromatic rings. The number of hydrogen-bond donors (Lipinski definition) is 1. The maximum Gasteiger partial charge on any atom is 0.306 e. The molecule has 1 saturated heterocycles. The Bertz CT molecular complexity index is 377. The van der Waals surface area contributed by atoms with Crippen molar-refractivity contribution in [3.63, 3.8) is 0 Å². The molecule has 0 spiro atoms. The number of hydrogen-bond acceptors (Lipinski definition) is 3. The van der Waals surface area contributed by atoms with Gasteiger partial charge in [0.1, 0.15) is 6.61 Å². The predicted molar refractivity (Wildman–Crippen MR) is 62.2 cm³/mol. The molecule has 0 aromatic heterocycles. The monoisotopic (exact) mass is 239 g/mol. The summed E-state index contributed by atoms with van der Waals surface area (Å²) in [7, 11) is 0. The van der Waals surface area contributed by atoms with Crippen LogP contribution in [0.15, 0.2) is 24.3 Å². The minimum Gasteiger partial charge on any atom is -0.461 e. The molecule has 0 unspecified atom stereocenters. The molecule has 1 aliphatic rings. The summed E-state index contributed by atoms with van der Waals surface area (Å²) in [4.78, 5) is 11.4. The van der Waals surface area contributed by atoms with E-state index in [-0.39, 0.29) is 5.97 Å². The largest absolute Gasteiger partial charge is 0.461 e. The lowest BCUT2D eigenvalue weighted by Gasteiger charge is -2.25. The summed E-state index contributed by atoms with van der Waals surface area (Å²) in [6, 6.07) is 7.35. The molecular formula is C12H14ClNO2. The summed E-state index contributed by atoms with van der Waals surface area (Å²) in [5.74, 6) is 0.318. The van der Waals surface area contributed by atoms with Crippen LogP contribution in [0, 0.1) is 5.92 Å². The van der Waals surface area contributed by atoms with Crippen LogP contribution in [0.25, 0.3) is 0 Å². The van der Waals surface area contributed by atoms with Crippen molar-refractivity contribution < 1.29 is 9.53 Å². The molecule has 2 rings (SSSR count). The van der Waals surface area contributed by atoms with Gasteiger partial charge in [-0.2, -0.15) is 0 Å². The quantitative estimate of drug-likeness (QED) is 0.817. The summed E-state index contributed by atoms with van der Waals surface area (Å²) >= 11 is 5.83. The molecule has 1 fully saturated rings. The van der Waals surface area contributed by atoms with E-state index in [1.54, 1.807) is 12.1 Å². The number of ether oxygens (including phenoxy) is 1. The number of carbonyl (C=O) groups is 1. The van der Waals surface area contributed by atoms with E-state index in [1.165, 1.54) is 0 Å². The SMILES string of the molecule is O=C(CC1CNC1)OCc1cccc(Cl)c1. The molecule has 0 aliphatic carbocycles. The van der Waals surface area contributed by atoms with Crippen molar-refractivity contribution in [3.8, 4) is 0 Å². The normalized spacial score (nSPS) is 15.6. The summed E-state index contributed by atoms with van der Waals surface area (Å²) in [5, 5.41) is 3.79. The summed E-state index contributed by atoms with van der Waals surface area (Å²) in [6.07, 6.45) is 0.508. The second-order valence-corrected chi connectivity index (χ2v) is 4.46. The van der Waals surface area contributed by atoms with E-state index < -0.39 is 0 Å². The van der Waals surface area contributed by atoms with Gasteiger partial charge in [-0.3, -0.25) is 4.79 Å². The van der Waals surface area contributed by atoms with E-state index >= 15 is 0 Å². The van der Waals surface area contributed by atoms with Crippen LogP contribution in [0.1, 0.15) is 12.0 Å². The summed E-state index contributed by atoms with van der Waals surface area (Å²) < 4.78 is 5.16. The molecule has 0 radical (unpaired) electrons. The van der Waals surface area contributed by atoms with Crippen LogP contribution in [0.3, 0.4) is 0 Å². The first-order valence-electron chi connectivity index (χ1n) is 5.35. The topological polar surface area (TPSA) is 38.3 Å². The standard InChI is InChI=1S/C12H14ClNO2/c13-11-3-1-2-9(4-11)8-16-12(15)5-10-6-14-7-10/h1-4,10,14H,5-8H2. The maximum absolute atomic E-state index is 11.4. The van der Waals surface area contributed by atoms with Gasteiger partial charge in [-0.05, 0) is 36.7 Å². The Morgan fingerprint density at radius 3 is 2.94 bits per heavy atom. The van der Waals surface area contributed by atoms with Crippen molar-refractivity contribution in [2.24, 2.45) is 5.92 Å². The Morgan fingerprint density at radius 2 is 2.31 bits per heavy atom. The summed E-state index contributed by atoms with van der Waals surface area (Å²) in [6.45, 7) is 2.15. The Hall–Kier alpha value is -1.06. The van der Waals surface area contributed by atoms with Gasteiger partial charge in [-0.1, -0.05) is 23.7 Å². The van der Waals surface area contributed by atoms with Crippen molar-refractivity contribution in [2.75, 3.05) is 13.1 Å². The van der Waals surface area contributed by atoms with Crippen LogP contribution in [0.2, 0.25) is 5.02 Å². The van der Waals surface area contributed by atoms with E-state index in [9.17, 15) is 4.79 Å². The van der Waals surface area contributed by atoms with Gasteiger partial charge in [0.15, 0.2) is 0 Å². The van der Waals surface area contributed by atoms with Crippen molar-refractivity contribution >= 4 is 17.6 Å². The smallest absolute Gasteiger partial charge is 0.306 e. The van der Waals surface area contributed by atoms with Crippen LogP contribution < -0.4 is 5.32 Å². The van der Waals surface area contributed by atoms with Crippen LogP contribution >= 0.6 is 11.6 Å². The van der Waals surface area contributed by atoms with E-state index in [1.807, 2.05) is 12.1 Å². The molecule has 1 N–H and O–H groups in total. The molecule has 1 aromatic carbocycles. The molecule has 4 heteroatoms. The second-order valence-electron chi connectivity index (χ2n) is 4.02. The lowest BCUT2D eigenvalue weighted by Crippen LogP contribution is -2.43. The van der Waals surface area contributed by atoms with E-state index in [0.717, 1.165) is 18.7 Å². The maximum atomic E-state index is 11.4. The molecular weight excluding hydrogens is 226 g/mol. The van der Waals surface area contributed by atoms with Gasteiger partial charge in [-0.25, -0.2) is 0 Å². The molecule has 0 saturated carbocycles. The van der Waals surface area contributed by atoms with Gasteiger partial charge < -0.3 is 10.1 Å². The van der Waals surface area contributed by atoms with Crippen LogP contribution in [-0.2, 0) is 16.1 Å². The lowest BCUT2D eigenvalue weighted by molar-refractivity contribution is -0.146. The molecule has 1 heterocycles. The first-order valence-corrected chi connectivity index (χ1v) is 5.72. The second kappa shape index (κ2) is 5.32. The fourth-order valence-corrected chi connectivity index (χ4v) is 1.79. The minimum atomic E-state index is -0.133. The van der Waals surface area contributed by atoms with Crippen molar-refractivity contribution in [1.29, 1.82) is 0 Å². The highest BCUT2D eigenvalue weighted by molar-refractivity contribution is 6.30. The Morgan fingerprint density at radius 1 is 1.50 bits per heavy atom. The molecule has 3 nitrogen and oxygen atoms in total. The average molecular weight is 240 g/mol. The Labute approximate surface area is 99.7 Å². The van der Waals surface area contributed by atoms with Gasteiger partial charge in [-0.15, -0.1) is 0 Å². The highest BCUT2D eigenvalue weighted by atomic mass is 35.5. The Balaban J connectivity index is 1.75. The zero-order chi connectivity index (χ0) is 11.4. The van der Waals surface area contributed by atoms with Crippen LogP contribution in [0.4, 0.5) is 0 Å². The van der Waals surface area contributed by atoms with Gasteiger partial charge in [0.25, 0.3) is 0 Å². The molecule has 1 aliphatic heterocycles.